The monoisotopic (exact) mass is 1610 g/mol. The number of carbonyl (C=O) groups is 5. The fourth-order valence-corrected chi connectivity index (χ4v) is 20.0. The third kappa shape index (κ3) is 29.5. The molecule has 6 aliphatic heterocycles. The van der Waals surface area contributed by atoms with Gasteiger partial charge in [0.25, 0.3) is 5.91 Å². The smallest absolute Gasteiger partial charge is 0.315 e. The summed E-state index contributed by atoms with van der Waals surface area (Å²) in [5.41, 5.74) is 0. The van der Waals surface area contributed by atoms with Gasteiger partial charge >= 0.3 is 6.03 Å². The Hall–Kier alpha value is -3.59. The second-order valence-electron chi connectivity index (χ2n) is 32.1. The lowest BCUT2D eigenvalue weighted by Crippen LogP contribution is -2.74. The lowest BCUT2D eigenvalue weighted by molar-refractivity contribution is -0.144. The van der Waals surface area contributed by atoms with Crippen molar-refractivity contribution in [2.24, 2.45) is 41.4 Å². The summed E-state index contributed by atoms with van der Waals surface area (Å²) in [5, 5.41) is 26.6. The highest BCUT2D eigenvalue weighted by Crippen LogP contribution is 2.47. The molecular weight excluding hydrogens is 1480 g/mol. The third-order valence-electron chi connectivity index (χ3n) is 24.8. The summed E-state index contributed by atoms with van der Waals surface area (Å²) in [7, 11) is 0. The van der Waals surface area contributed by atoms with E-state index in [4.69, 9.17) is 80.0 Å². The first kappa shape index (κ1) is 89.7. The van der Waals surface area contributed by atoms with Gasteiger partial charge in [-0.05, 0) is 139 Å². The van der Waals surface area contributed by atoms with Crippen molar-refractivity contribution in [2.75, 3.05) is 211 Å². The van der Waals surface area contributed by atoms with E-state index < -0.39 is 23.8 Å². The van der Waals surface area contributed by atoms with Crippen molar-refractivity contribution in [1.29, 1.82) is 5.26 Å². The van der Waals surface area contributed by atoms with Gasteiger partial charge in [-0.1, -0.05) is 45.1 Å². The van der Waals surface area contributed by atoms with E-state index in [-0.39, 0.29) is 95.6 Å². The number of hydrogen-bond donors (Lipinski definition) is 5. The van der Waals surface area contributed by atoms with Crippen LogP contribution in [0.3, 0.4) is 0 Å². The fourth-order valence-electron chi connectivity index (χ4n) is 19.1. The number of urea groups is 1. The van der Waals surface area contributed by atoms with Gasteiger partial charge in [0, 0.05) is 112 Å². The number of nitriles is 1. The van der Waals surface area contributed by atoms with E-state index in [0.29, 0.717) is 221 Å². The summed E-state index contributed by atoms with van der Waals surface area (Å²) in [4.78, 5) is 74.2. The highest BCUT2D eigenvalue weighted by molar-refractivity contribution is 6.21. The van der Waals surface area contributed by atoms with Crippen molar-refractivity contribution >= 4 is 52.9 Å². The van der Waals surface area contributed by atoms with E-state index in [1.165, 1.54) is 37.0 Å². The Morgan fingerprint density at radius 3 is 1.84 bits per heavy atom. The Morgan fingerprint density at radius 1 is 0.595 bits per heavy atom. The molecule has 4 saturated carbocycles. The number of fused-ring (bicyclic) bond motifs is 3. The second-order valence-corrected chi connectivity index (χ2v) is 33.3. The molecule has 0 aromatic heterocycles. The number of halogens is 3. The largest absolute Gasteiger partial charge is 0.379 e. The molecule has 0 aromatic rings. The molecule has 17 atom stereocenters. The van der Waals surface area contributed by atoms with Gasteiger partial charge in [0.1, 0.15) is 6.04 Å². The Labute approximate surface area is 669 Å². The molecular formula is C80H134Cl2FN11O17. The second kappa shape index (κ2) is 50.2. The molecule has 0 bridgehead atoms. The number of carbonyl (C=O) groups excluding carboxylic acids is 5. The molecule has 632 valence electrons. The maximum Gasteiger partial charge on any atom is 0.315 e. The van der Waals surface area contributed by atoms with E-state index in [1.54, 1.807) is 4.90 Å². The zero-order chi connectivity index (χ0) is 77.8. The number of amides is 6. The van der Waals surface area contributed by atoms with Crippen molar-refractivity contribution in [1.82, 2.24) is 51.1 Å². The number of alkyl halides is 2. The molecule has 6 saturated heterocycles. The average molecular weight is 1610 g/mol. The van der Waals surface area contributed by atoms with E-state index in [0.717, 1.165) is 122 Å². The van der Waals surface area contributed by atoms with Crippen LogP contribution in [-0.4, -0.2) is 325 Å². The van der Waals surface area contributed by atoms with Crippen molar-refractivity contribution in [3.63, 3.8) is 0 Å². The summed E-state index contributed by atoms with van der Waals surface area (Å²) in [6.45, 7) is 21.3. The molecule has 10 rings (SSSR count). The number of rotatable bonds is 51. The molecule has 5 N–H and O–H groups in total. The molecule has 0 aromatic carbocycles. The van der Waals surface area contributed by atoms with Gasteiger partial charge in [0.05, 0.1) is 163 Å². The van der Waals surface area contributed by atoms with Gasteiger partial charge in [-0.2, -0.15) is 5.26 Å². The Balaban J connectivity index is 0.447. The predicted octanol–water partition coefficient (Wildman–Crippen LogP) is 6.33. The van der Waals surface area contributed by atoms with Gasteiger partial charge < -0.3 is 77.3 Å². The van der Waals surface area contributed by atoms with E-state index in [1.807, 2.05) is 0 Å². The van der Waals surface area contributed by atoms with Gasteiger partial charge in [0.15, 0.2) is 12.2 Å². The number of ether oxygens (including phenoxy) is 12. The number of imide groups is 1. The molecule has 10 aliphatic rings. The minimum atomic E-state index is -0.986. The predicted molar refractivity (Wildman–Crippen MR) is 415 cm³/mol. The summed E-state index contributed by atoms with van der Waals surface area (Å²) < 4.78 is 83.5. The minimum absolute atomic E-state index is 0.0263. The number of piperazine rings is 1. The molecule has 10 fully saturated rings. The van der Waals surface area contributed by atoms with Crippen LogP contribution < -0.4 is 26.6 Å². The van der Waals surface area contributed by atoms with Crippen molar-refractivity contribution in [2.45, 2.75) is 207 Å². The van der Waals surface area contributed by atoms with Crippen molar-refractivity contribution < 1.29 is 85.2 Å². The lowest BCUT2D eigenvalue weighted by Gasteiger charge is -2.56. The summed E-state index contributed by atoms with van der Waals surface area (Å²) >= 11 is 13.7. The minimum Gasteiger partial charge on any atom is -0.379 e. The maximum atomic E-state index is 14.2. The number of likely N-dealkylation sites (tertiary alicyclic amines) is 3. The standard InChI is InChI=1S/C80H134Cl2FN11O17/c1-58(83)77(97)93-28-27-92(55-64(93)21-23-84)75-67-22-26-91(71-14-6-11-61-10-5-13-68(82)74(61)71)56-70(67)87-80(89-75)111-57-65-12-7-24-90(65)25-8-30-101-32-34-103-36-38-105-40-42-107-44-46-109-48-50-110-49-47-108-45-43-106-41-39-104-37-35-102-33-31-100-29-4-2-3-9-60-16-17-63(81)52-69(60)86-79(99)85-53-59-15-18-66-62(51-59)54-94(78(66)98)72-19-20-73(95)88-76(72)96/h59-72,74-75,80,87,89H,1-22,24-57H2,(H2,85,86,99)(H,88,95,96)/t59?,60?,61?,62?,63?,64-,65-,66?,67?,68?,69?,70?,71?,72?,74?,75?,80?/m0/s1. The van der Waals surface area contributed by atoms with Crippen LogP contribution in [0.4, 0.5) is 9.18 Å². The van der Waals surface area contributed by atoms with E-state index in [9.17, 15) is 33.6 Å². The van der Waals surface area contributed by atoms with Gasteiger partial charge in [-0.3, -0.25) is 49.8 Å². The molecule has 111 heavy (non-hydrogen) atoms. The highest BCUT2D eigenvalue weighted by atomic mass is 35.5. The molecule has 15 unspecified atom stereocenters. The first-order valence-electron chi connectivity index (χ1n) is 42.5. The number of unbranched alkanes of at least 4 members (excludes halogenated alkanes) is 2. The van der Waals surface area contributed by atoms with Crippen molar-refractivity contribution in [3.8, 4) is 6.07 Å². The van der Waals surface area contributed by atoms with E-state index >= 15 is 0 Å². The van der Waals surface area contributed by atoms with Crippen LogP contribution in [0.1, 0.15) is 148 Å². The average Bonchev–Trinajstić information content (AvgIpc) is 0.937. The maximum absolute atomic E-state index is 14.2. The number of nitrogens with zero attached hydrogens (tertiary/aromatic N) is 6. The lowest BCUT2D eigenvalue weighted by atomic mass is 9.67. The van der Waals surface area contributed by atoms with Gasteiger partial charge in [-0.25, -0.2) is 9.18 Å². The first-order chi connectivity index (χ1) is 54.3. The van der Waals surface area contributed by atoms with E-state index in [2.05, 4.69) is 53.9 Å². The first-order valence-corrected chi connectivity index (χ1v) is 43.4. The topological polar surface area (TPSA) is 296 Å². The van der Waals surface area contributed by atoms with Crippen LogP contribution in [0.5, 0.6) is 0 Å². The Bertz CT molecular complexity index is 2800. The molecule has 28 nitrogen and oxygen atoms in total. The van der Waals surface area contributed by atoms with Crippen LogP contribution in [0.2, 0.25) is 0 Å². The number of nitrogens with one attached hydrogen (secondary N) is 5. The summed E-state index contributed by atoms with van der Waals surface area (Å²) in [6, 6.07) is 2.10. The summed E-state index contributed by atoms with van der Waals surface area (Å²) in [5.74, 6) is -0.0906. The molecule has 31 heteroatoms. The third-order valence-corrected chi connectivity index (χ3v) is 25.7. The Morgan fingerprint density at radius 2 is 1.22 bits per heavy atom. The molecule has 6 amide bonds. The van der Waals surface area contributed by atoms with Crippen LogP contribution in [-0.2, 0) is 76.0 Å². The fraction of sp³-hybridized carbons (Fsp3) is 0.900. The Kier molecular flexibility index (Phi) is 40.6. The van der Waals surface area contributed by atoms with Crippen LogP contribution in [0.25, 0.3) is 0 Å². The number of hydrogen-bond acceptors (Lipinski definition) is 23. The number of piperidine rings is 2. The molecule has 0 radical (unpaired) electrons. The van der Waals surface area contributed by atoms with Crippen LogP contribution >= 0.6 is 23.2 Å². The highest BCUT2D eigenvalue weighted by Gasteiger charge is 2.51. The van der Waals surface area contributed by atoms with Gasteiger partial charge in [-0.15, -0.1) is 23.2 Å². The zero-order valence-electron chi connectivity index (χ0n) is 66.2. The quantitative estimate of drug-likeness (QED) is 0.0192. The van der Waals surface area contributed by atoms with Crippen molar-refractivity contribution in [3.05, 3.63) is 12.4 Å². The van der Waals surface area contributed by atoms with Crippen LogP contribution in [0, 0.1) is 52.8 Å². The zero-order valence-corrected chi connectivity index (χ0v) is 67.7. The van der Waals surface area contributed by atoms with Crippen LogP contribution in [0.15, 0.2) is 12.4 Å². The SMILES string of the molecule is C=C(F)C(=O)N1CCN(C2NC(OC[C@@H]3CCCN3CCCOCCOCCOCCOCCOCCOCCOCCOCCOCCOCCOCCCCCC3CCC(Cl)CC3NC(=O)NCC3CCC4C(=O)N(C5CCC(=O)NC5=O)CC4C3)NC3CN(C4CCCC5CCCC(Cl)C54)CCC32)C[C@@H]1CC#N. The summed E-state index contributed by atoms with van der Waals surface area (Å²) in [6.07, 6.45) is 21.1. The normalized spacial score (nSPS) is 30.9. The molecule has 4 aliphatic carbocycles. The molecule has 0 spiro atoms. The molecule has 6 heterocycles. The van der Waals surface area contributed by atoms with Gasteiger partial charge in [0.2, 0.25) is 17.7 Å².